The van der Waals surface area contributed by atoms with Crippen LogP contribution in [0.2, 0.25) is 0 Å². The lowest BCUT2D eigenvalue weighted by Crippen LogP contribution is -2.29. The fourth-order valence-electron chi connectivity index (χ4n) is 3.61. The molecular formula is C24H32N2O2. The monoisotopic (exact) mass is 380 g/mol. The van der Waals surface area contributed by atoms with E-state index in [4.69, 9.17) is 4.74 Å². The number of amides is 1. The van der Waals surface area contributed by atoms with Crippen LogP contribution in [0.3, 0.4) is 0 Å². The molecular weight excluding hydrogens is 348 g/mol. The lowest BCUT2D eigenvalue weighted by atomic mass is 9.96. The first-order chi connectivity index (χ1) is 13.7. The molecule has 1 aliphatic carbocycles. The van der Waals surface area contributed by atoms with Gasteiger partial charge in [-0.15, -0.1) is 0 Å². The van der Waals surface area contributed by atoms with Gasteiger partial charge in [0.1, 0.15) is 5.75 Å². The second kappa shape index (κ2) is 10.9. The van der Waals surface area contributed by atoms with E-state index < -0.39 is 0 Å². The molecule has 0 radical (unpaired) electrons. The van der Waals surface area contributed by atoms with E-state index in [1.165, 1.54) is 56.1 Å². The summed E-state index contributed by atoms with van der Waals surface area (Å²) in [6, 6.07) is 16.4. The Balaban J connectivity index is 1.39. The number of carbonyl (C=O) groups is 1. The average Bonchev–Trinajstić information content (AvgIpc) is 2.68. The van der Waals surface area contributed by atoms with Gasteiger partial charge in [0.2, 0.25) is 0 Å². The molecule has 1 saturated carbocycles. The van der Waals surface area contributed by atoms with Crippen LogP contribution in [0.5, 0.6) is 5.75 Å². The number of ether oxygens (including phenoxy) is 1. The number of anilines is 1. The van der Waals surface area contributed by atoms with Crippen LogP contribution in [0.1, 0.15) is 56.1 Å². The zero-order valence-electron chi connectivity index (χ0n) is 16.9. The first-order valence-electron chi connectivity index (χ1n) is 10.5. The van der Waals surface area contributed by atoms with Crippen LogP contribution < -0.4 is 15.4 Å². The van der Waals surface area contributed by atoms with Gasteiger partial charge in [-0.1, -0.05) is 61.9 Å². The molecule has 1 fully saturated rings. The number of nitrogens with one attached hydrogen (secondary N) is 2. The van der Waals surface area contributed by atoms with Crippen molar-refractivity contribution in [1.82, 2.24) is 5.32 Å². The number of aryl methyl sites for hydroxylation is 1. The highest BCUT2D eigenvalue weighted by Crippen LogP contribution is 2.18. The van der Waals surface area contributed by atoms with Gasteiger partial charge in [0.05, 0.1) is 0 Å². The smallest absolute Gasteiger partial charge is 0.262 e. The van der Waals surface area contributed by atoms with Gasteiger partial charge in [-0.05, 0) is 49.6 Å². The number of hydrogen-bond donors (Lipinski definition) is 2. The van der Waals surface area contributed by atoms with E-state index in [0.29, 0.717) is 11.8 Å². The molecule has 0 bridgehead atoms. The molecule has 150 valence electrons. The molecule has 2 aromatic carbocycles. The van der Waals surface area contributed by atoms with Gasteiger partial charge >= 0.3 is 0 Å². The van der Waals surface area contributed by atoms with E-state index in [2.05, 4.69) is 22.8 Å². The van der Waals surface area contributed by atoms with Gasteiger partial charge < -0.3 is 15.4 Å². The fourth-order valence-corrected chi connectivity index (χ4v) is 3.61. The minimum atomic E-state index is -0.154. The summed E-state index contributed by atoms with van der Waals surface area (Å²) in [7, 11) is 0. The predicted octanol–water partition coefficient (Wildman–Crippen LogP) is 5.22. The Bertz CT molecular complexity index is 717. The Morgan fingerprint density at radius 1 is 0.929 bits per heavy atom. The van der Waals surface area contributed by atoms with Crippen molar-refractivity contribution in [2.45, 2.75) is 64.5 Å². The Labute approximate surface area is 168 Å². The minimum Gasteiger partial charge on any atom is -0.484 e. The highest BCUT2D eigenvalue weighted by molar-refractivity contribution is 5.91. The van der Waals surface area contributed by atoms with Crippen molar-refractivity contribution in [2.24, 2.45) is 0 Å². The molecule has 28 heavy (non-hydrogen) atoms. The zero-order valence-corrected chi connectivity index (χ0v) is 16.9. The molecule has 2 N–H and O–H groups in total. The van der Waals surface area contributed by atoms with Crippen LogP contribution in [0.25, 0.3) is 0 Å². The van der Waals surface area contributed by atoms with E-state index in [0.717, 1.165) is 12.2 Å². The van der Waals surface area contributed by atoms with E-state index in [1.807, 2.05) is 43.3 Å². The lowest BCUT2D eigenvalue weighted by Gasteiger charge is -2.21. The summed E-state index contributed by atoms with van der Waals surface area (Å²) >= 11 is 0. The molecule has 0 saturated heterocycles. The van der Waals surface area contributed by atoms with E-state index in [1.54, 1.807) is 0 Å². The van der Waals surface area contributed by atoms with Gasteiger partial charge in [0.15, 0.2) is 6.61 Å². The number of benzene rings is 2. The largest absolute Gasteiger partial charge is 0.484 e. The quantitative estimate of drug-likeness (QED) is 0.693. The topological polar surface area (TPSA) is 50.4 Å². The third-order valence-electron chi connectivity index (χ3n) is 5.33. The standard InChI is InChI=1S/C24H32N2O2/c1-19-9-13-22(14-10-19)26-24(27)18-28-23-15-11-20(12-16-23)17-25-21-7-5-3-2-4-6-8-21/h9-16,21,25H,2-8,17-18H2,1H3,(H,26,27). The van der Waals surface area contributed by atoms with Crippen molar-refractivity contribution in [3.05, 3.63) is 59.7 Å². The van der Waals surface area contributed by atoms with Crippen molar-refractivity contribution in [2.75, 3.05) is 11.9 Å². The zero-order chi connectivity index (χ0) is 19.6. The average molecular weight is 381 g/mol. The maximum absolute atomic E-state index is 12.0. The predicted molar refractivity (Wildman–Crippen MR) is 115 cm³/mol. The molecule has 4 heteroatoms. The van der Waals surface area contributed by atoms with Crippen LogP contribution >= 0.6 is 0 Å². The van der Waals surface area contributed by atoms with Gasteiger partial charge in [0.25, 0.3) is 5.91 Å². The maximum atomic E-state index is 12.0. The van der Waals surface area contributed by atoms with Crippen molar-refractivity contribution in [3.8, 4) is 5.75 Å². The molecule has 1 aliphatic rings. The van der Waals surface area contributed by atoms with Crippen LogP contribution in [-0.2, 0) is 11.3 Å². The van der Waals surface area contributed by atoms with Crippen LogP contribution in [-0.4, -0.2) is 18.6 Å². The Morgan fingerprint density at radius 3 is 2.25 bits per heavy atom. The van der Waals surface area contributed by atoms with Crippen LogP contribution in [0, 0.1) is 6.92 Å². The third kappa shape index (κ3) is 7.01. The van der Waals surface area contributed by atoms with Crippen LogP contribution in [0.15, 0.2) is 48.5 Å². The molecule has 0 aliphatic heterocycles. The second-order valence-electron chi connectivity index (χ2n) is 7.77. The summed E-state index contributed by atoms with van der Waals surface area (Å²) in [5.74, 6) is 0.563. The summed E-state index contributed by atoms with van der Waals surface area (Å²) in [4.78, 5) is 12.0. The SMILES string of the molecule is Cc1ccc(NC(=O)COc2ccc(CNC3CCCCCCC3)cc2)cc1. The molecule has 0 atom stereocenters. The second-order valence-corrected chi connectivity index (χ2v) is 7.77. The van der Waals surface area contributed by atoms with E-state index in [-0.39, 0.29) is 12.5 Å². The van der Waals surface area contributed by atoms with Crippen molar-refractivity contribution in [3.63, 3.8) is 0 Å². The normalized spacial score (nSPS) is 15.5. The highest BCUT2D eigenvalue weighted by atomic mass is 16.5. The van der Waals surface area contributed by atoms with Gasteiger partial charge in [-0.2, -0.15) is 0 Å². The van der Waals surface area contributed by atoms with Crippen LogP contribution in [0.4, 0.5) is 5.69 Å². The van der Waals surface area contributed by atoms with Gasteiger partial charge in [-0.3, -0.25) is 4.79 Å². The summed E-state index contributed by atoms with van der Waals surface area (Å²) in [5, 5.41) is 6.54. The summed E-state index contributed by atoms with van der Waals surface area (Å²) in [5.41, 5.74) is 3.20. The van der Waals surface area contributed by atoms with E-state index >= 15 is 0 Å². The van der Waals surface area contributed by atoms with Gasteiger partial charge in [-0.25, -0.2) is 0 Å². The third-order valence-corrected chi connectivity index (χ3v) is 5.33. The Morgan fingerprint density at radius 2 is 1.57 bits per heavy atom. The van der Waals surface area contributed by atoms with Crippen molar-refractivity contribution >= 4 is 11.6 Å². The number of carbonyl (C=O) groups excluding carboxylic acids is 1. The Kier molecular flexibility index (Phi) is 7.92. The number of hydrogen-bond acceptors (Lipinski definition) is 3. The fraction of sp³-hybridized carbons (Fsp3) is 0.458. The first kappa shape index (κ1) is 20.4. The molecule has 0 aromatic heterocycles. The number of rotatable bonds is 7. The summed E-state index contributed by atoms with van der Waals surface area (Å²) in [6.45, 7) is 2.91. The van der Waals surface area contributed by atoms with Gasteiger partial charge in [0, 0.05) is 18.3 Å². The van der Waals surface area contributed by atoms with E-state index in [9.17, 15) is 4.79 Å². The maximum Gasteiger partial charge on any atom is 0.262 e. The molecule has 2 aromatic rings. The summed E-state index contributed by atoms with van der Waals surface area (Å²) in [6.07, 6.45) is 9.42. The molecule has 1 amide bonds. The van der Waals surface area contributed by atoms with Crippen molar-refractivity contribution in [1.29, 1.82) is 0 Å². The minimum absolute atomic E-state index is 0.00749. The summed E-state index contributed by atoms with van der Waals surface area (Å²) < 4.78 is 5.61. The molecule has 3 rings (SSSR count). The lowest BCUT2D eigenvalue weighted by molar-refractivity contribution is -0.118. The molecule has 0 spiro atoms. The first-order valence-corrected chi connectivity index (χ1v) is 10.5. The highest BCUT2D eigenvalue weighted by Gasteiger charge is 2.10. The molecule has 4 nitrogen and oxygen atoms in total. The molecule has 0 unspecified atom stereocenters. The molecule has 0 heterocycles. The Hall–Kier alpha value is -2.33. The van der Waals surface area contributed by atoms with Crippen molar-refractivity contribution < 1.29 is 9.53 Å².